The number of benzene rings is 2. The minimum atomic E-state index is -1.19. The van der Waals surface area contributed by atoms with Crippen LogP contribution in [-0.4, -0.2) is 47.0 Å². The third-order valence-corrected chi connectivity index (χ3v) is 7.07. The van der Waals surface area contributed by atoms with Gasteiger partial charge in [-0.15, -0.1) is 11.3 Å². The summed E-state index contributed by atoms with van der Waals surface area (Å²) in [5.41, 5.74) is 0.00752. The Morgan fingerprint density at radius 3 is 2.44 bits per heavy atom. The van der Waals surface area contributed by atoms with E-state index in [1.54, 1.807) is 56.3 Å². The van der Waals surface area contributed by atoms with Gasteiger partial charge in [-0.1, -0.05) is 30.3 Å². The summed E-state index contributed by atoms with van der Waals surface area (Å²) in [7, 11) is 0. The highest BCUT2D eigenvalue weighted by Gasteiger charge is 2.47. The van der Waals surface area contributed by atoms with Crippen molar-refractivity contribution < 1.29 is 24.2 Å². The van der Waals surface area contributed by atoms with Crippen molar-refractivity contribution >= 4 is 33.9 Å². The molecule has 0 saturated carbocycles. The molecule has 8 heteroatoms. The molecule has 0 aliphatic carbocycles. The maximum atomic E-state index is 13.8. The molecule has 4 rings (SSSR count). The second-order valence-electron chi connectivity index (χ2n) is 8.45. The number of carbonyl (C=O) groups is 3. The van der Waals surface area contributed by atoms with E-state index < -0.39 is 23.6 Å². The van der Waals surface area contributed by atoms with Crippen LogP contribution in [0.3, 0.4) is 0 Å². The van der Waals surface area contributed by atoms with Gasteiger partial charge in [-0.05, 0) is 61.2 Å². The number of phenols is 1. The van der Waals surface area contributed by atoms with E-state index in [-0.39, 0.29) is 30.5 Å². The van der Waals surface area contributed by atoms with E-state index in [9.17, 15) is 19.5 Å². The van der Waals surface area contributed by atoms with Gasteiger partial charge >= 0.3 is 0 Å². The SMILES string of the molecule is CC1OCC(=O)C1(C)NC(=O)C(Cc1ccc(O)cc1)N(C(=O)c1ccccc1)c1cccs1. The maximum Gasteiger partial charge on any atom is 0.259 e. The van der Waals surface area contributed by atoms with Crippen LogP contribution in [0.5, 0.6) is 5.75 Å². The highest BCUT2D eigenvalue weighted by Crippen LogP contribution is 2.29. The van der Waals surface area contributed by atoms with Crippen LogP contribution in [0.2, 0.25) is 0 Å². The molecule has 34 heavy (non-hydrogen) atoms. The van der Waals surface area contributed by atoms with E-state index in [1.807, 2.05) is 17.5 Å². The normalized spacial score (nSPS) is 20.6. The van der Waals surface area contributed by atoms with Crippen molar-refractivity contribution in [3.8, 4) is 5.75 Å². The van der Waals surface area contributed by atoms with Crippen LogP contribution in [0.15, 0.2) is 72.1 Å². The molecule has 3 unspecified atom stereocenters. The number of ketones is 1. The zero-order valence-corrected chi connectivity index (χ0v) is 19.7. The Labute approximate surface area is 202 Å². The predicted molar refractivity (Wildman–Crippen MR) is 130 cm³/mol. The summed E-state index contributed by atoms with van der Waals surface area (Å²) in [6.45, 7) is 3.32. The molecule has 1 aliphatic rings. The number of Topliss-reactive ketones (excluding diaryl/α,β-unsaturated/α-hetero) is 1. The van der Waals surface area contributed by atoms with Crippen molar-refractivity contribution in [1.29, 1.82) is 0 Å². The first-order valence-corrected chi connectivity index (χ1v) is 11.8. The first-order valence-electron chi connectivity index (χ1n) is 11.0. The number of hydrogen-bond acceptors (Lipinski definition) is 6. The molecule has 7 nitrogen and oxygen atoms in total. The van der Waals surface area contributed by atoms with E-state index in [4.69, 9.17) is 4.74 Å². The number of amides is 2. The van der Waals surface area contributed by atoms with Gasteiger partial charge in [0.25, 0.3) is 5.91 Å². The van der Waals surface area contributed by atoms with E-state index >= 15 is 0 Å². The van der Waals surface area contributed by atoms with E-state index in [2.05, 4.69) is 5.32 Å². The molecule has 1 aliphatic heterocycles. The molecular formula is C26H26N2O5S. The van der Waals surface area contributed by atoms with Crippen LogP contribution in [0.25, 0.3) is 0 Å². The molecule has 2 aromatic carbocycles. The molecule has 1 saturated heterocycles. The molecule has 3 atom stereocenters. The van der Waals surface area contributed by atoms with Gasteiger partial charge in [0.2, 0.25) is 5.91 Å². The Bertz CT molecular complexity index is 1160. The fraction of sp³-hybridized carbons (Fsp3) is 0.269. The Morgan fingerprint density at radius 1 is 1.15 bits per heavy atom. The lowest BCUT2D eigenvalue weighted by Crippen LogP contribution is -2.61. The van der Waals surface area contributed by atoms with Crippen LogP contribution in [0.4, 0.5) is 5.00 Å². The predicted octanol–water partition coefficient (Wildman–Crippen LogP) is 3.57. The quantitative estimate of drug-likeness (QED) is 0.541. The molecule has 0 bridgehead atoms. The summed E-state index contributed by atoms with van der Waals surface area (Å²) in [6.07, 6.45) is -0.319. The summed E-state index contributed by atoms with van der Waals surface area (Å²) in [4.78, 5) is 41.5. The number of hydrogen-bond donors (Lipinski definition) is 2. The van der Waals surface area contributed by atoms with Crippen molar-refractivity contribution in [1.82, 2.24) is 5.32 Å². The number of aromatic hydroxyl groups is 1. The molecule has 2 N–H and O–H groups in total. The summed E-state index contributed by atoms with van der Waals surface area (Å²) < 4.78 is 5.47. The molecule has 176 valence electrons. The molecule has 2 heterocycles. The monoisotopic (exact) mass is 478 g/mol. The van der Waals surface area contributed by atoms with E-state index in [0.29, 0.717) is 10.6 Å². The topological polar surface area (TPSA) is 95.9 Å². The second-order valence-corrected chi connectivity index (χ2v) is 9.37. The number of anilines is 1. The molecule has 0 spiro atoms. The summed E-state index contributed by atoms with van der Waals surface area (Å²) in [5, 5.41) is 15.0. The number of nitrogens with one attached hydrogen (secondary N) is 1. The third-order valence-electron chi connectivity index (χ3n) is 6.20. The number of phenolic OH excluding ortho intramolecular Hbond substituents is 1. The standard InChI is InChI=1S/C26H26N2O5S/c1-17-26(2,22(30)16-33-17)27-24(31)21(15-18-10-12-20(29)13-11-18)28(23-9-6-14-34-23)25(32)19-7-4-3-5-8-19/h3-14,17,21,29H,15-16H2,1-2H3,(H,27,31). The van der Waals surface area contributed by atoms with Crippen molar-refractivity contribution in [3.05, 3.63) is 83.2 Å². The minimum absolute atomic E-state index is 0.0713. The lowest BCUT2D eigenvalue weighted by molar-refractivity contribution is -0.130. The number of rotatable bonds is 7. The van der Waals surface area contributed by atoms with Gasteiger partial charge in [0.15, 0.2) is 5.78 Å². The number of nitrogens with zero attached hydrogens (tertiary/aromatic N) is 1. The molecule has 3 aromatic rings. The number of ether oxygens (including phenoxy) is 1. The number of thiophene rings is 1. The van der Waals surface area contributed by atoms with Gasteiger partial charge in [-0.3, -0.25) is 19.3 Å². The summed E-state index contributed by atoms with van der Waals surface area (Å²) in [6, 6.07) is 17.9. The lowest BCUT2D eigenvalue weighted by Gasteiger charge is -2.34. The molecule has 1 aromatic heterocycles. The van der Waals surface area contributed by atoms with Crippen molar-refractivity contribution in [2.45, 2.75) is 38.0 Å². The van der Waals surface area contributed by atoms with Crippen LogP contribution in [-0.2, 0) is 20.7 Å². The largest absolute Gasteiger partial charge is 0.508 e. The Balaban J connectivity index is 1.75. The van der Waals surface area contributed by atoms with Gasteiger partial charge in [-0.2, -0.15) is 0 Å². The van der Waals surface area contributed by atoms with E-state index in [0.717, 1.165) is 5.56 Å². The smallest absolute Gasteiger partial charge is 0.259 e. The molecule has 2 amide bonds. The highest BCUT2D eigenvalue weighted by molar-refractivity contribution is 7.14. The van der Waals surface area contributed by atoms with Crippen molar-refractivity contribution in [3.63, 3.8) is 0 Å². The first-order chi connectivity index (χ1) is 16.3. The molecular weight excluding hydrogens is 452 g/mol. The average molecular weight is 479 g/mol. The van der Waals surface area contributed by atoms with Gasteiger partial charge in [0.05, 0.1) is 11.1 Å². The van der Waals surface area contributed by atoms with Crippen LogP contribution in [0.1, 0.15) is 29.8 Å². The Kier molecular flexibility index (Phi) is 6.81. The zero-order chi connectivity index (χ0) is 24.3. The zero-order valence-electron chi connectivity index (χ0n) is 18.9. The van der Waals surface area contributed by atoms with Gasteiger partial charge in [0, 0.05) is 12.0 Å². The summed E-state index contributed by atoms with van der Waals surface area (Å²) >= 11 is 1.35. The van der Waals surface area contributed by atoms with Gasteiger partial charge in [0.1, 0.15) is 23.9 Å². The fourth-order valence-corrected chi connectivity index (χ4v) is 4.71. The van der Waals surface area contributed by atoms with Gasteiger partial charge < -0.3 is 15.2 Å². The number of carbonyl (C=O) groups excluding carboxylic acids is 3. The highest BCUT2D eigenvalue weighted by atomic mass is 32.1. The third kappa shape index (κ3) is 4.73. The van der Waals surface area contributed by atoms with Crippen molar-refractivity contribution in [2.24, 2.45) is 0 Å². The fourth-order valence-electron chi connectivity index (χ4n) is 3.93. The molecule has 1 fully saturated rings. The summed E-state index contributed by atoms with van der Waals surface area (Å²) in [5.74, 6) is -0.891. The van der Waals surface area contributed by atoms with Gasteiger partial charge in [-0.25, -0.2) is 0 Å². The van der Waals surface area contributed by atoms with Crippen LogP contribution in [0, 0.1) is 0 Å². The van der Waals surface area contributed by atoms with Crippen LogP contribution < -0.4 is 10.2 Å². The minimum Gasteiger partial charge on any atom is -0.508 e. The maximum absolute atomic E-state index is 13.8. The van der Waals surface area contributed by atoms with Crippen molar-refractivity contribution in [2.75, 3.05) is 11.5 Å². The lowest BCUT2D eigenvalue weighted by atomic mass is 9.92. The second kappa shape index (κ2) is 9.79. The average Bonchev–Trinajstić information content (AvgIpc) is 3.45. The molecule has 0 radical (unpaired) electrons. The Morgan fingerprint density at radius 2 is 1.85 bits per heavy atom. The first kappa shape index (κ1) is 23.7. The Hall–Kier alpha value is -3.49. The van der Waals surface area contributed by atoms with E-state index in [1.165, 1.54) is 28.4 Å². The van der Waals surface area contributed by atoms with Crippen LogP contribution >= 0.6 is 11.3 Å².